The Morgan fingerprint density at radius 1 is 1.38 bits per heavy atom. The Labute approximate surface area is 82.4 Å². The zero-order chi connectivity index (χ0) is 9.52. The fourth-order valence-electron chi connectivity index (χ4n) is 0.817. The molecule has 1 aromatic rings. The Bertz CT molecular complexity index is 339. The van der Waals surface area contributed by atoms with Crippen LogP contribution >= 0.6 is 11.4 Å². The fraction of sp³-hybridized carbons (Fsp3) is 0.182. The van der Waals surface area contributed by atoms with Gasteiger partial charge in [0.05, 0.1) is 5.05 Å². The summed E-state index contributed by atoms with van der Waals surface area (Å²) in [6, 6.07) is 9.84. The Morgan fingerprint density at radius 2 is 2.08 bits per heavy atom. The highest BCUT2D eigenvalue weighted by Crippen LogP contribution is 1.95. The van der Waals surface area contributed by atoms with Gasteiger partial charge in [0.15, 0.2) is 0 Å². The van der Waals surface area contributed by atoms with E-state index in [0.717, 1.165) is 16.9 Å². The van der Waals surface area contributed by atoms with E-state index in [9.17, 15) is 0 Å². The molecule has 0 unspecified atom stereocenters. The van der Waals surface area contributed by atoms with Crippen molar-refractivity contribution >= 4 is 16.4 Å². The molecular weight excluding hydrogens is 180 g/mol. The van der Waals surface area contributed by atoms with Gasteiger partial charge < -0.3 is 5.11 Å². The predicted octanol–water partition coefficient (Wildman–Crippen LogP) is 2.21. The Morgan fingerprint density at radius 3 is 2.69 bits per heavy atom. The number of rotatable bonds is 1. The van der Waals surface area contributed by atoms with Gasteiger partial charge in [-0.25, -0.2) is 0 Å². The van der Waals surface area contributed by atoms with E-state index in [1.807, 2.05) is 30.3 Å². The number of aliphatic hydroxyl groups is 1. The van der Waals surface area contributed by atoms with Gasteiger partial charge in [-0.2, -0.15) is 11.4 Å². The average molecular weight is 192 g/mol. The lowest BCUT2D eigenvalue weighted by Gasteiger charge is -1.86. The zero-order valence-corrected chi connectivity index (χ0v) is 8.38. The van der Waals surface area contributed by atoms with E-state index < -0.39 is 0 Å². The summed E-state index contributed by atoms with van der Waals surface area (Å²) in [6.45, 7) is 1.69. The summed E-state index contributed by atoms with van der Waals surface area (Å²) >= 11 is 0.894. The topological polar surface area (TPSA) is 20.2 Å². The maximum absolute atomic E-state index is 8.89. The summed E-state index contributed by atoms with van der Waals surface area (Å²) in [5.74, 6) is 6.70. The van der Waals surface area contributed by atoms with Crippen LogP contribution in [0.15, 0.2) is 30.3 Å². The quantitative estimate of drug-likeness (QED) is 0.397. The summed E-state index contributed by atoms with van der Waals surface area (Å²) in [5.41, 5.74) is 1.02. The Hall–Kier alpha value is -1.04. The summed E-state index contributed by atoms with van der Waals surface area (Å²) in [6.07, 6.45) is 0. The smallest absolute Gasteiger partial charge is 0.0672 e. The fourth-order valence-corrected chi connectivity index (χ4v) is 1.20. The second-order valence-corrected chi connectivity index (χ2v) is 3.81. The van der Waals surface area contributed by atoms with Gasteiger partial charge in [0.1, 0.15) is 0 Å². The monoisotopic (exact) mass is 192 g/mol. The van der Waals surface area contributed by atoms with E-state index in [1.165, 1.54) is 0 Å². The lowest BCUT2D eigenvalue weighted by molar-refractivity contribution is 0.564. The molecule has 0 atom stereocenters. The van der Waals surface area contributed by atoms with Gasteiger partial charge in [-0.3, -0.25) is 0 Å². The van der Waals surface area contributed by atoms with Crippen LogP contribution in [0.25, 0.3) is 0 Å². The number of hydrogen-bond acceptors (Lipinski definition) is 0. The summed E-state index contributed by atoms with van der Waals surface area (Å²) in [7, 11) is 0. The Balaban J connectivity index is 2.54. The molecule has 0 bridgehead atoms. The molecule has 0 saturated heterocycles. The maximum atomic E-state index is 8.89. The van der Waals surface area contributed by atoms with Crippen LogP contribution in [0.5, 0.6) is 0 Å². The molecule has 0 saturated carbocycles. The van der Waals surface area contributed by atoms with E-state index in [0.29, 0.717) is 10.8 Å². The summed E-state index contributed by atoms with van der Waals surface area (Å²) in [4.78, 5) is 0. The molecule has 0 heterocycles. The zero-order valence-electron chi connectivity index (χ0n) is 7.49. The molecule has 0 amide bonds. The molecule has 1 N–H and O–H groups in total. The van der Waals surface area contributed by atoms with Crippen LogP contribution in [-0.4, -0.2) is 15.9 Å². The summed E-state index contributed by atoms with van der Waals surface area (Å²) in [5, 5.41) is 9.30. The van der Waals surface area contributed by atoms with Crippen molar-refractivity contribution in [2.75, 3.05) is 5.75 Å². The first-order valence-corrected chi connectivity index (χ1v) is 5.11. The normalized spacial score (nSPS) is 11.1. The molecule has 0 spiro atoms. The van der Waals surface area contributed by atoms with Gasteiger partial charge >= 0.3 is 0 Å². The second kappa shape index (κ2) is 5.58. The minimum absolute atomic E-state index is 0.419. The first-order valence-electron chi connectivity index (χ1n) is 4.03. The molecule has 13 heavy (non-hydrogen) atoms. The highest BCUT2D eigenvalue weighted by atomic mass is 32.1. The van der Waals surface area contributed by atoms with E-state index in [-0.39, 0.29) is 0 Å². The maximum Gasteiger partial charge on any atom is 0.0672 e. The molecule has 0 aliphatic carbocycles. The molecule has 0 radical (unpaired) electrons. The minimum Gasteiger partial charge on any atom is -0.360 e. The average Bonchev–Trinajstić information content (AvgIpc) is 2.14. The molecule has 1 aromatic carbocycles. The van der Waals surface area contributed by atoms with Crippen molar-refractivity contribution in [3.8, 4) is 11.8 Å². The lowest BCUT2D eigenvalue weighted by atomic mass is 10.2. The van der Waals surface area contributed by atoms with E-state index in [4.69, 9.17) is 5.11 Å². The van der Waals surface area contributed by atoms with E-state index >= 15 is 0 Å². The molecule has 0 aliphatic rings. The molecular formula is C11H12OS. The molecule has 0 aromatic heterocycles. The minimum atomic E-state index is 0.419. The third-order valence-electron chi connectivity index (χ3n) is 1.39. The van der Waals surface area contributed by atoms with E-state index in [2.05, 4.69) is 11.8 Å². The molecule has 68 valence electrons. The number of benzene rings is 1. The molecule has 2 heteroatoms. The van der Waals surface area contributed by atoms with E-state index in [1.54, 1.807) is 6.92 Å². The van der Waals surface area contributed by atoms with Crippen LogP contribution in [-0.2, 0) is 0 Å². The molecule has 0 fully saturated rings. The van der Waals surface area contributed by atoms with Gasteiger partial charge in [0.25, 0.3) is 0 Å². The highest BCUT2D eigenvalue weighted by molar-refractivity contribution is 7.98. The van der Waals surface area contributed by atoms with Gasteiger partial charge in [-0.05, 0) is 19.1 Å². The third-order valence-corrected chi connectivity index (χ3v) is 2.17. The van der Waals surface area contributed by atoms with Crippen molar-refractivity contribution in [1.29, 1.82) is 0 Å². The van der Waals surface area contributed by atoms with Crippen LogP contribution in [0.3, 0.4) is 0 Å². The number of hydrogen-bond donors (Lipinski definition) is 2. The SMILES string of the molecule is CC(O)=[SH]CC#Cc1ccccc1. The third kappa shape index (κ3) is 4.51. The van der Waals surface area contributed by atoms with Crippen molar-refractivity contribution in [3.05, 3.63) is 35.9 Å². The van der Waals surface area contributed by atoms with Crippen molar-refractivity contribution in [2.45, 2.75) is 6.92 Å². The molecule has 1 nitrogen and oxygen atoms in total. The number of thiol groups is 1. The van der Waals surface area contributed by atoms with Crippen LogP contribution in [0.1, 0.15) is 12.5 Å². The van der Waals surface area contributed by atoms with Crippen molar-refractivity contribution < 1.29 is 5.11 Å². The largest absolute Gasteiger partial charge is 0.360 e. The number of aliphatic hydroxyl groups excluding tert-OH is 1. The molecule has 1 rings (SSSR count). The van der Waals surface area contributed by atoms with Crippen molar-refractivity contribution in [3.63, 3.8) is 0 Å². The summed E-state index contributed by atoms with van der Waals surface area (Å²) < 4.78 is 0. The van der Waals surface area contributed by atoms with Crippen LogP contribution < -0.4 is 0 Å². The van der Waals surface area contributed by atoms with Gasteiger partial charge in [0.2, 0.25) is 0 Å². The lowest BCUT2D eigenvalue weighted by Crippen LogP contribution is -1.81. The van der Waals surface area contributed by atoms with Crippen LogP contribution in [0.4, 0.5) is 0 Å². The predicted molar refractivity (Wildman–Crippen MR) is 60.5 cm³/mol. The van der Waals surface area contributed by atoms with Crippen LogP contribution in [0.2, 0.25) is 0 Å². The Kier molecular flexibility index (Phi) is 4.31. The van der Waals surface area contributed by atoms with Gasteiger partial charge in [-0.15, -0.1) is 0 Å². The van der Waals surface area contributed by atoms with Crippen molar-refractivity contribution in [2.24, 2.45) is 0 Å². The highest BCUT2D eigenvalue weighted by Gasteiger charge is 1.80. The van der Waals surface area contributed by atoms with Gasteiger partial charge in [0, 0.05) is 11.3 Å². The van der Waals surface area contributed by atoms with Crippen LogP contribution in [0, 0.1) is 11.8 Å². The second-order valence-electron chi connectivity index (χ2n) is 2.53. The first-order chi connectivity index (χ1) is 6.29. The molecule has 0 aliphatic heterocycles. The van der Waals surface area contributed by atoms with Gasteiger partial charge in [-0.1, -0.05) is 30.0 Å². The first kappa shape index (κ1) is 10.0. The van der Waals surface area contributed by atoms with Crippen molar-refractivity contribution in [1.82, 2.24) is 0 Å². The standard InChI is InChI=1S/C11H12OS/c1-10(12)13-9-5-8-11-6-3-2-4-7-11/h2-4,6-7,12-13H,9H2,1H3.